The molecule has 0 aliphatic heterocycles. The number of nitrogens with one attached hydrogen (secondary N) is 1. The Morgan fingerprint density at radius 2 is 1.90 bits per heavy atom. The number of fused-ring (bicyclic) bond motifs is 1. The van der Waals surface area contributed by atoms with Crippen molar-refractivity contribution < 1.29 is 9.53 Å². The van der Waals surface area contributed by atoms with Crippen LogP contribution in [0.2, 0.25) is 0 Å². The van der Waals surface area contributed by atoms with Gasteiger partial charge < -0.3 is 9.64 Å². The Hall–Kier alpha value is -3.67. The third-order valence-corrected chi connectivity index (χ3v) is 4.88. The summed E-state index contributed by atoms with van der Waals surface area (Å²) < 4.78 is 5.54. The highest BCUT2D eigenvalue weighted by molar-refractivity contribution is 5.97. The molecule has 29 heavy (non-hydrogen) atoms. The number of ether oxygens (including phenoxy) is 1. The maximum Gasteiger partial charge on any atom is 0.253 e. The summed E-state index contributed by atoms with van der Waals surface area (Å²) in [4.78, 5) is 18.4. The van der Waals surface area contributed by atoms with E-state index in [2.05, 4.69) is 21.2 Å². The van der Waals surface area contributed by atoms with Crippen LogP contribution in [0.25, 0.3) is 33.4 Å². The Bertz CT molecular complexity index is 1210. The lowest BCUT2D eigenvalue weighted by Crippen LogP contribution is -2.21. The summed E-state index contributed by atoms with van der Waals surface area (Å²) in [6, 6.07) is 15.6. The minimum atomic E-state index is -0.0330. The van der Waals surface area contributed by atoms with E-state index in [0.29, 0.717) is 11.2 Å². The Morgan fingerprint density at radius 3 is 2.66 bits per heavy atom. The molecule has 0 spiro atoms. The van der Waals surface area contributed by atoms with E-state index in [1.54, 1.807) is 32.3 Å². The molecule has 0 fully saturated rings. The largest absolute Gasteiger partial charge is 0.496 e. The molecular formula is C23H22N4O2. The number of carbonyl (C=O) groups excluding carboxylic acids is 1. The zero-order valence-corrected chi connectivity index (χ0v) is 16.9. The average molecular weight is 386 g/mol. The molecule has 146 valence electrons. The minimum absolute atomic E-state index is 0.0330. The molecule has 0 atom stereocenters. The van der Waals surface area contributed by atoms with Gasteiger partial charge >= 0.3 is 0 Å². The fraction of sp³-hybridized carbons (Fsp3) is 0.174. The molecule has 4 rings (SSSR count). The first-order valence-corrected chi connectivity index (χ1v) is 9.29. The van der Waals surface area contributed by atoms with Gasteiger partial charge in [-0.3, -0.25) is 9.89 Å². The molecule has 0 aliphatic carbocycles. The van der Waals surface area contributed by atoms with Crippen molar-refractivity contribution in [2.45, 2.75) is 6.92 Å². The maximum absolute atomic E-state index is 12.3. The Morgan fingerprint density at radius 1 is 1.07 bits per heavy atom. The smallest absolute Gasteiger partial charge is 0.253 e. The lowest BCUT2D eigenvalue weighted by Gasteiger charge is -2.11. The molecule has 0 radical (unpaired) electrons. The standard InChI is InChI=1S/C23H22N4O2/c1-14-8-9-20(29-4)18(10-14)21-19-12-17(13-24-22(19)26-25-21)15-6-5-7-16(11-15)23(28)27(2)3/h5-13H,1-4H3,(H,24,25,26). The fourth-order valence-electron chi connectivity index (χ4n) is 3.37. The maximum atomic E-state index is 12.3. The Balaban J connectivity index is 1.84. The van der Waals surface area contributed by atoms with Crippen LogP contribution in [-0.4, -0.2) is 47.2 Å². The molecule has 2 aromatic heterocycles. The molecule has 0 bridgehead atoms. The van der Waals surface area contributed by atoms with Gasteiger partial charge in [-0.05, 0) is 42.8 Å². The van der Waals surface area contributed by atoms with Crippen LogP contribution in [0.3, 0.4) is 0 Å². The molecule has 6 heteroatoms. The number of hydrogen-bond acceptors (Lipinski definition) is 4. The number of methoxy groups -OCH3 is 1. The summed E-state index contributed by atoms with van der Waals surface area (Å²) in [5, 5.41) is 8.35. The second-order valence-corrected chi connectivity index (χ2v) is 7.18. The van der Waals surface area contributed by atoms with Crippen molar-refractivity contribution in [1.29, 1.82) is 0 Å². The highest BCUT2D eigenvalue weighted by Gasteiger charge is 2.15. The van der Waals surface area contributed by atoms with Crippen LogP contribution in [-0.2, 0) is 0 Å². The van der Waals surface area contributed by atoms with Crippen LogP contribution in [0.4, 0.5) is 0 Å². The van der Waals surface area contributed by atoms with Crippen molar-refractivity contribution in [3.05, 3.63) is 65.9 Å². The fourth-order valence-corrected chi connectivity index (χ4v) is 3.37. The number of hydrogen-bond donors (Lipinski definition) is 1. The van der Waals surface area contributed by atoms with Gasteiger partial charge in [0.25, 0.3) is 5.91 Å². The summed E-state index contributed by atoms with van der Waals surface area (Å²) >= 11 is 0. The summed E-state index contributed by atoms with van der Waals surface area (Å²) in [7, 11) is 5.15. The number of aromatic nitrogens is 3. The first-order chi connectivity index (χ1) is 14.0. The summed E-state index contributed by atoms with van der Waals surface area (Å²) in [6.45, 7) is 2.04. The second kappa shape index (κ2) is 7.39. The van der Waals surface area contributed by atoms with Gasteiger partial charge in [0.2, 0.25) is 0 Å². The molecular weight excluding hydrogens is 364 g/mol. The van der Waals surface area contributed by atoms with Crippen molar-refractivity contribution in [3.8, 4) is 28.1 Å². The lowest BCUT2D eigenvalue weighted by atomic mass is 10.0. The van der Waals surface area contributed by atoms with Crippen LogP contribution in [0.15, 0.2) is 54.7 Å². The van der Waals surface area contributed by atoms with Gasteiger partial charge in [-0.15, -0.1) is 0 Å². The molecule has 0 unspecified atom stereocenters. The predicted octanol–water partition coefficient (Wildman–Crippen LogP) is 4.31. The minimum Gasteiger partial charge on any atom is -0.496 e. The number of aromatic amines is 1. The molecule has 0 saturated heterocycles. The third kappa shape index (κ3) is 3.45. The number of aryl methyl sites for hydroxylation is 1. The predicted molar refractivity (Wildman–Crippen MR) is 114 cm³/mol. The first-order valence-electron chi connectivity index (χ1n) is 9.29. The van der Waals surface area contributed by atoms with Crippen LogP contribution in [0.5, 0.6) is 5.75 Å². The number of benzene rings is 2. The van der Waals surface area contributed by atoms with Crippen LogP contribution >= 0.6 is 0 Å². The second-order valence-electron chi connectivity index (χ2n) is 7.18. The molecule has 1 N–H and O–H groups in total. The molecule has 6 nitrogen and oxygen atoms in total. The summed E-state index contributed by atoms with van der Waals surface area (Å²) in [6.07, 6.45) is 1.78. The van der Waals surface area contributed by atoms with Crippen molar-refractivity contribution >= 4 is 16.9 Å². The number of amides is 1. The molecule has 2 aromatic carbocycles. The zero-order valence-electron chi connectivity index (χ0n) is 16.9. The zero-order chi connectivity index (χ0) is 20.5. The van der Waals surface area contributed by atoms with Gasteiger partial charge in [-0.1, -0.05) is 23.8 Å². The summed E-state index contributed by atoms with van der Waals surface area (Å²) in [5.74, 6) is 0.736. The van der Waals surface area contributed by atoms with Gasteiger partial charge in [-0.25, -0.2) is 4.98 Å². The monoisotopic (exact) mass is 386 g/mol. The molecule has 1 amide bonds. The molecule has 0 saturated carbocycles. The van der Waals surface area contributed by atoms with E-state index in [-0.39, 0.29) is 5.91 Å². The van der Waals surface area contributed by atoms with Gasteiger partial charge in [0.15, 0.2) is 5.65 Å². The normalized spacial score (nSPS) is 10.9. The van der Waals surface area contributed by atoms with E-state index in [0.717, 1.165) is 39.1 Å². The third-order valence-electron chi connectivity index (χ3n) is 4.88. The van der Waals surface area contributed by atoms with Crippen molar-refractivity contribution in [2.75, 3.05) is 21.2 Å². The topological polar surface area (TPSA) is 71.1 Å². The van der Waals surface area contributed by atoms with Crippen LogP contribution in [0, 0.1) is 6.92 Å². The first kappa shape index (κ1) is 18.7. The number of rotatable bonds is 4. The Labute approximate surface area is 169 Å². The van der Waals surface area contributed by atoms with Gasteiger partial charge in [0, 0.05) is 42.4 Å². The highest BCUT2D eigenvalue weighted by Crippen LogP contribution is 2.35. The number of pyridine rings is 1. The van der Waals surface area contributed by atoms with Gasteiger partial charge in [0.05, 0.1) is 12.8 Å². The van der Waals surface area contributed by atoms with E-state index in [1.165, 1.54) is 0 Å². The van der Waals surface area contributed by atoms with Crippen molar-refractivity contribution in [3.63, 3.8) is 0 Å². The van der Waals surface area contributed by atoms with E-state index in [9.17, 15) is 4.79 Å². The molecule has 2 heterocycles. The molecule has 0 aliphatic rings. The number of nitrogens with zero attached hydrogens (tertiary/aromatic N) is 3. The van der Waals surface area contributed by atoms with Crippen LogP contribution in [0.1, 0.15) is 15.9 Å². The van der Waals surface area contributed by atoms with Gasteiger partial charge in [0.1, 0.15) is 5.75 Å². The van der Waals surface area contributed by atoms with E-state index in [4.69, 9.17) is 4.74 Å². The Kier molecular flexibility index (Phi) is 4.76. The SMILES string of the molecule is COc1ccc(C)cc1-c1[nH]nc2ncc(-c3cccc(C(=O)N(C)C)c3)cc12. The van der Waals surface area contributed by atoms with Gasteiger partial charge in [-0.2, -0.15) is 5.10 Å². The van der Waals surface area contributed by atoms with Crippen molar-refractivity contribution in [1.82, 2.24) is 20.1 Å². The molecule has 4 aromatic rings. The van der Waals surface area contributed by atoms with E-state index >= 15 is 0 Å². The number of carbonyl (C=O) groups is 1. The number of H-pyrrole nitrogens is 1. The van der Waals surface area contributed by atoms with Crippen molar-refractivity contribution in [2.24, 2.45) is 0 Å². The van der Waals surface area contributed by atoms with E-state index in [1.807, 2.05) is 49.4 Å². The summed E-state index contributed by atoms with van der Waals surface area (Å²) in [5.41, 5.74) is 6.03. The highest BCUT2D eigenvalue weighted by atomic mass is 16.5. The lowest BCUT2D eigenvalue weighted by molar-refractivity contribution is 0.0827. The average Bonchev–Trinajstić information content (AvgIpc) is 3.16. The van der Waals surface area contributed by atoms with Crippen LogP contribution < -0.4 is 4.74 Å². The van der Waals surface area contributed by atoms with E-state index < -0.39 is 0 Å². The quantitative estimate of drug-likeness (QED) is 0.567.